The molecular formula is C27H25F7N2O3. The van der Waals surface area contributed by atoms with Crippen LogP contribution in [0.1, 0.15) is 48.2 Å². The SMILES string of the molecule is COc1ccc(C(F)(F)F)cc1C(=O)N[C@@H]1C2CCC(C2=C(C)C)[C@@H]1C(=O)Nc1ccc(F)c(C(F)(F)F)c1. The van der Waals surface area contributed by atoms with Crippen LogP contribution >= 0.6 is 0 Å². The molecule has 0 saturated heterocycles. The van der Waals surface area contributed by atoms with Gasteiger partial charge in [0.05, 0.1) is 29.7 Å². The highest BCUT2D eigenvalue weighted by atomic mass is 19.4. The van der Waals surface area contributed by atoms with E-state index in [0.717, 1.165) is 29.3 Å². The summed E-state index contributed by atoms with van der Waals surface area (Å²) in [7, 11) is 1.20. The molecule has 0 aromatic heterocycles. The summed E-state index contributed by atoms with van der Waals surface area (Å²) in [5, 5.41) is 5.11. The lowest BCUT2D eigenvalue weighted by molar-refractivity contribution is -0.140. The van der Waals surface area contributed by atoms with Crippen LogP contribution in [-0.2, 0) is 17.1 Å². The molecule has 2 amide bonds. The van der Waals surface area contributed by atoms with Gasteiger partial charge in [-0.3, -0.25) is 9.59 Å². The van der Waals surface area contributed by atoms with Crippen molar-refractivity contribution in [1.29, 1.82) is 0 Å². The molecule has 39 heavy (non-hydrogen) atoms. The van der Waals surface area contributed by atoms with E-state index < -0.39 is 53.1 Å². The zero-order valence-corrected chi connectivity index (χ0v) is 21.1. The van der Waals surface area contributed by atoms with Crippen LogP contribution in [0.4, 0.5) is 36.4 Å². The third kappa shape index (κ3) is 5.46. The van der Waals surface area contributed by atoms with Gasteiger partial charge in [0.2, 0.25) is 5.91 Å². The molecule has 210 valence electrons. The standard InChI is InChI=1S/C27H25F7N2O3/c1-12(2)21-15-6-7-16(21)23(36-24(37)17-10-13(26(29,30)31)4-9-20(17)39-3)22(15)25(38)35-14-5-8-19(28)18(11-14)27(32,33)34/h4-5,8-11,15-16,22-23H,6-7H2,1-3H3,(H,35,38)(H,36,37)/t15?,16?,22-,23+/m0/s1. The molecule has 2 aromatic rings. The maximum absolute atomic E-state index is 13.7. The van der Waals surface area contributed by atoms with E-state index >= 15 is 0 Å². The fourth-order valence-corrected chi connectivity index (χ4v) is 5.81. The Morgan fingerprint density at radius 2 is 1.59 bits per heavy atom. The molecule has 2 fully saturated rings. The lowest BCUT2D eigenvalue weighted by Crippen LogP contribution is -2.48. The molecule has 0 heterocycles. The zero-order chi connectivity index (χ0) is 28.9. The number of rotatable bonds is 5. The molecule has 2 saturated carbocycles. The lowest BCUT2D eigenvalue weighted by Gasteiger charge is -2.30. The highest BCUT2D eigenvalue weighted by Gasteiger charge is 2.55. The molecule has 12 heteroatoms. The van der Waals surface area contributed by atoms with Gasteiger partial charge >= 0.3 is 12.4 Å². The summed E-state index contributed by atoms with van der Waals surface area (Å²) in [5.74, 6) is -4.73. The Morgan fingerprint density at radius 3 is 2.18 bits per heavy atom. The average molecular weight is 558 g/mol. The van der Waals surface area contributed by atoms with Crippen LogP contribution < -0.4 is 15.4 Å². The first kappa shape index (κ1) is 28.4. The summed E-state index contributed by atoms with van der Waals surface area (Å²) < 4.78 is 98.3. The first-order valence-electron chi connectivity index (χ1n) is 12.0. The molecule has 2 N–H and O–H groups in total. The number of benzene rings is 2. The smallest absolute Gasteiger partial charge is 0.419 e. The zero-order valence-electron chi connectivity index (χ0n) is 21.1. The predicted molar refractivity (Wildman–Crippen MR) is 127 cm³/mol. The van der Waals surface area contributed by atoms with E-state index in [1.54, 1.807) is 0 Å². The van der Waals surface area contributed by atoms with Crippen LogP contribution in [0.5, 0.6) is 5.75 Å². The number of hydrogen-bond acceptors (Lipinski definition) is 3. The lowest BCUT2D eigenvalue weighted by atomic mass is 9.83. The van der Waals surface area contributed by atoms with Gasteiger partial charge < -0.3 is 15.4 Å². The minimum atomic E-state index is -4.98. The molecule has 4 atom stereocenters. The summed E-state index contributed by atoms with van der Waals surface area (Å²) in [5.41, 5.74) is -1.42. The Labute approximate surface area is 219 Å². The van der Waals surface area contributed by atoms with Crippen molar-refractivity contribution < 1.29 is 45.1 Å². The summed E-state index contributed by atoms with van der Waals surface area (Å²) >= 11 is 0. The second-order valence-corrected chi connectivity index (χ2v) is 9.87. The summed E-state index contributed by atoms with van der Waals surface area (Å²) in [6, 6.07) is 3.71. The third-order valence-corrected chi connectivity index (χ3v) is 7.33. The number of allylic oxidation sites excluding steroid dienone is 1. The summed E-state index contributed by atoms with van der Waals surface area (Å²) in [6.45, 7) is 3.68. The number of nitrogens with one attached hydrogen (secondary N) is 2. The van der Waals surface area contributed by atoms with E-state index in [0.29, 0.717) is 31.0 Å². The first-order valence-corrected chi connectivity index (χ1v) is 12.0. The normalized spacial score (nSPS) is 22.6. The maximum atomic E-state index is 13.7. The van der Waals surface area contributed by atoms with Crippen molar-refractivity contribution in [3.05, 3.63) is 70.1 Å². The minimum Gasteiger partial charge on any atom is -0.496 e. The molecule has 4 rings (SSSR count). The second kappa shape index (κ2) is 10.2. The number of halogens is 7. The van der Waals surface area contributed by atoms with E-state index in [9.17, 15) is 40.3 Å². The quantitative estimate of drug-likeness (QED) is 0.321. The van der Waals surface area contributed by atoms with Crippen molar-refractivity contribution in [1.82, 2.24) is 5.32 Å². The van der Waals surface area contributed by atoms with Crippen LogP contribution in [0, 0.1) is 23.6 Å². The maximum Gasteiger partial charge on any atom is 0.419 e. The molecule has 2 bridgehead atoms. The van der Waals surface area contributed by atoms with E-state index in [-0.39, 0.29) is 28.8 Å². The van der Waals surface area contributed by atoms with Gasteiger partial charge in [0, 0.05) is 17.6 Å². The van der Waals surface area contributed by atoms with Crippen molar-refractivity contribution in [2.24, 2.45) is 17.8 Å². The largest absolute Gasteiger partial charge is 0.496 e. The van der Waals surface area contributed by atoms with E-state index in [1.807, 2.05) is 13.8 Å². The number of alkyl halides is 6. The van der Waals surface area contributed by atoms with E-state index in [4.69, 9.17) is 4.74 Å². The topological polar surface area (TPSA) is 67.4 Å². The monoisotopic (exact) mass is 558 g/mol. The van der Waals surface area contributed by atoms with Crippen LogP contribution in [0.25, 0.3) is 0 Å². The number of amides is 2. The van der Waals surface area contributed by atoms with Gasteiger partial charge in [0.1, 0.15) is 11.6 Å². The van der Waals surface area contributed by atoms with Crippen molar-refractivity contribution in [2.45, 2.75) is 45.1 Å². The van der Waals surface area contributed by atoms with Crippen LogP contribution in [0.3, 0.4) is 0 Å². The number of carbonyl (C=O) groups excluding carboxylic acids is 2. The third-order valence-electron chi connectivity index (χ3n) is 7.33. The first-order chi connectivity index (χ1) is 18.1. The van der Waals surface area contributed by atoms with Crippen LogP contribution in [-0.4, -0.2) is 25.0 Å². The molecular weight excluding hydrogens is 533 g/mol. The molecule has 0 spiro atoms. The Bertz CT molecular complexity index is 1330. The second-order valence-electron chi connectivity index (χ2n) is 9.87. The highest BCUT2D eigenvalue weighted by molar-refractivity contribution is 5.99. The Kier molecular flexibility index (Phi) is 7.44. The number of fused-ring (bicyclic) bond motifs is 2. The molecule has 0 radical (unpaired) electrons. The molecule has 0 aliphatic heterocycles. The van der Waals surface area contributed by atoms with Crippen molar-refractivity contribution in [3.63, 3.8) is 0 Å². The fraction of sp³-hybridized carbons (Fsp3) is 0.407. The molecule has 2 aliphatic rings. The predicted octanol–water partition coefficient (Wildman–Crippen LogP) is 6.60. The van der Waals surface area contributed by atoms with Gasteiger partial charge in [-0.15, -0.1) is 0 Å². The van der Waals surface area contributed by atoms with Gasteiger partial charge in [0.25, 0.3) is 5.91 Å². The number of ether oxygens (including phenoxy) is 1. The van der Waals surface area contributed by atoms with Gasteiger partial charge in [0.15, 0.2) is 0 Å². The van der Waals surface area contributed by atoms with Crippen molar-refractivity contribution in [3.8, 4) is 5.75 Å². The van der Waals surface area contributed by atoms with Crippen molar-refractivity contribution >= 4 is 17.5 Å². The Morgan fingerprint density at radius 1 is 0.923 bits per heavy atom. The highest BCUT2D eigenvalue weighted by Crippen LogP contribution is 2.54. The van der Waals surface area contributed by atoms with Gasteiger partial charge in [-0.25, -0.2) is 4.39 Å². The fourth-order valence-electron chi connectivity index (χ4n) is 5.81. The van der Waals surface area contributed by atoms with Crippen LogP contribution in [0.2, 0.25) is 0 Å². The molecule has 2 unspecified atom stereocenters. The molecule has 2 aromatic carbocycles. The summed E-state index contributed by atoms with van der Waals surface area (Å²) in [6.07, 6.45) is -8.50. The number of carbonyl (C=O) groups is 2. The van der Waals surface area contributed by atoms with E-state index in [2.05, 4.69) is 10.6 Å². The molecule has 2 aliphatic carbocycles. The van der Waals surface area contributed by atoms with Gasteiger partial charge in [-0.05, 0) is 69.0 Å². The van der Waals surface area contributed by atoms with Crippen molar-refractivity contribution in [2.75, 3.05) is 12.4 Å². The minimum absolute atomic E-state index is 0.0990. The van der Waals surface area contributed by atoms with Gasteiger partial charge in [-0.2, -0.15) is 26.3 Å². The number of hydrogen-bond donors (Lipinski definition) is 2. The Hall–Kier alpha value is -3.57. The summed E-state index contributed by atoms with van der Waals surface area (Å²) in [4.78, 5) is 26.7. The number of anilines is 1. The van der Waals surface area contributed by atoms with Crippen LogP contribution in [0.15, 0.2) is 47.5 Å². The van der Waals surface area contributed by atoms with E-state index in [1.165, 1.54) is 7.11 Å². The average Bonchev–Trinajstić information content (AvgIpc) is 3.40. The number of methoxy groups -OCH3 is 1. The Balaban J connectivity index is 1.66. The molecule has 5 nitrogen and oxygen atoms in total. The van der Waals surface area contributed by atoms with Gasteiger partial charge in [-0.1, -0.05) is 11.1 Å².